The van der Waals surface area contributed by atoms with Crippen LogP contribution in [0.15, 0.2) is 18.3 Å². The van der Waals surface area contributed by atoms with E-state index in [1.54, 1.807) is 0 Å². The molecule has 0 fully saturated rings. The Morgan fingerprint density at radius 3 is 2.68 bits per heavy atom. The van der Waals surface area contributed by atoms with Gasteiger partial charge in [0.15, 0.2) is 5.13 Å². The highest BCUT2D eigenvalue weighted by molar-refractivity contribution is 7.15. The van der Waals surface area contributed by atoms with Crippen molar-refractivity contribution in [2.75, 3.05) is 5.32 Å². The molecule has 0 aromatic carbocycles. The Labute approximate surface area is 133 Å². The predicted octanol–water partition coefficient (Wildman–Crippen LogP) is 3.21. The molecule has 5 nitrogen and oxygen atoms in total. The molecule has 0 aliphatic heterocycles. The molecule has 0 bridgehead atoms. The van der Waals surface area contributed by atoms with Gasteiger partial charge in [-0.15, -0.1) is 11.3 Å². The first-order valence-corrected chi connectivity index (χ1v) is 7.94. The Kier molecular flexibility index (Phi) is 3.70. The third-order valence-corrected chi connectivity index (χ3v) is 4.74. The van der Waals surface area contributed by atoms with E-state index in [4.69, 9.17) is 0 Å². The molecule has 114 valence electrons. The van der Waals surface area contributed by atoms with Crippen molar-refractivity contribution in [1.29, 1.82) is 0 Å². The molecule has 6 heteroatoms. The maximum Gasteiger partial charge on any atom is 0.232 e. The molecule has 0 saturated carbocycles. The number of nitrogens with one attached hydrogen (secondary N) is 1. The zero-order valence-electron chi connectivity index (χ0n) is 13.1. The summed E-state index contributed by atoms with van der Waals surface area (Å²) in [4.78, 5) is 22.3. The van der Waals surface area contributed by atoms with Gasteiger partial charge < -0.3 is 9.72 Å². The van der Waals surface area contributed by atoms with Crippen LogP contribution in [0.2, 0.25) is 0 Å². The summed E-state index contributed by atoms with van der Waals surface area (Å²) >= 11 is 1.50. The lowest BCUT2D eigenvalue weighted by Crippen LogP contribution is -2.16. The van der Waals surface area contributed by atoms with Crippen LogP contribution in [-0.4, -0.2) is 20.3 Å². The van der Waals surface area contributed by atoms with Crippen molar-refractivity contribution < 1.29 is 4.79 Å². The largest absolute Gasteiger partial charge is 0.303 e. The summed E-state index contributed by atoms with van der Waals surface area (Å²) in [5.74, 6) is -0.0693. The summed E-state index contributed by atoms with van der Waals surface area (Å²) in [6.45, 7) is 7.90. The lowest BCUT2D eigenvalue weighted by molar-refractivity contribution is -0.115. The van der Waals surface area contributed by atoms with E-state index in [0.717, 1.165) is 33.2 Å². The first kappa shape index (κ1) is 14.7. The molecule has 1 N–H and O–H groups in total. The van der Waals surface area contributed by atoms with Gasteiger partial charge in [-0.3, -0.25) is 4.79 Å². The van der Waals surface area contributed by atoms with Crippen LogP contribution in [0.5, 0.6) is 0 Å². The summed E-state index contributed by atoms with van der Waals surface area (Å²) in [6, 6.07) is 3.99. The maximum absolute atomic E-state index is 12.3. The molecule has 0 radical (unpaired) electrons. The van der Waals surface area contributed by atoms with Gasteiger partial charge >= 0.3 is 0 Å². The number of nitrogens with zero attached hydrogens (tertiary/aromatic N) is 3. The van der Waals surface area contributed by atoms with Gasteiger partial charge in [-0.25, -0.2) is 9.97 Å². The van der Waals surface area contributed by atoms with Gasteiger partial charge in [-0.05, 0) is 39.3 Å². The highest BCUT2D eigenvalue weighted by Gasteiger charge is 2.15. The van der Waals surface area contributed by atoms with E-state index < -0.39 is 0 Å². The molecule has 0 aliphatic carbocycles. The number of aryl methyl sites for hydroxylation is 4. The van der Waals surface area contributed by atoms with Crippen LogP contribution in [0, 0.1) is 27.7 Å². The number of hydrogen-bond donors (Lipinski definition) is 1. The Bertz CT molecular complexity index is 843. The fraction of sp³-hybridized carbons (Fsp3) is 0.312. The SMILES string of the molecule is Cc1nc(NC(=O)Cc2c(C)nc3c(C)cccn23)sc1C. The van der Waals surface area contributed by atoms with Crippen LogP contribution in [0.3, 0.4) is 0 Å². The second-order valence-electron chi connectivity index (χ2n) is 5.41. The average Bonchev–Trinajstić information content (AvgIpc) is 2.92. The van der Waals surface area contributed by atoms with E-state index in [9.17, 15) is 4.79 Å². The third kappa shape index (κ3) is 2.62. The number of imidazole rings is 1. The van der Waals surface area contributed by atoms with E-state index in [1.807, 2.05) is 50.4 Å². The number of hydrogen-bond acceptors (Lipinski definition) is 4. The number of carbonyl (C=O) groups excluding carboxylic acids is 1. The van der Waals surface area contributed by atoms with E-state index in [-0.39, 0.29) is 12.3 Å². The highest BCUT2D eigenvalue weighted by Crippen LogP contribution is 2.22. The lowest BCUT2D eigenvalue weighted by Gasteiger charge is -2.04. The number of carbonyl (C=O) groups is 1. The van der Waals surface area contributed by atoms with E-state index in [0.29, 0.717) is 5.13 Å². The Hall–Kier alpha value is -2.21. The lowest BCUT2D eigenvalue weighted by atomic mass is 10.2. The minimum atomic E-state index is -0.0693. The van der Waals surface area contributed by atoms with Crippen LogP contribution in [0.25, 0.3) is 5.65 Å². The van der Waals surface area contributed by atoms with Gasteiger partial charge in [-0.1, -0.05) is 6.07 Å². The molecule has 0 unspecified atom stereocenters. The Balaban J connectivity index is 1.85. The predicted molar refractivity (Wildman–Crippen MR) is 88.6 cm³/mol. The number of fused-ring (bicyclic) bond motifs is 1. The minimum absolute atomic E-state index is 0.0693. The first-order valence-electron chi connectivity index (χ1n) is 7.12. The van der Waals surface area contributed by atoms with Crippen molar-refractivity contribution in [3.63, 3.8) is 0 Å². The smallest absolute Gasteiger partial charge is 0.232 e. The molecule has 1 amide bonds. The fourth-order valence-corrected chi connectivity index (χ4v) is 3.25. The number of pyridine rings is 1. The van der Waals surface area contributed by atoms with E-state index in [1.165, 1.54) is 11.3 Å². The second kappa shape index (κ2) is 5.53. The summed E-state index contributed by atoms with van der Waals surface area (Å²) in [7, 11) is 0. The molecule has 22 heavy (non-hydrogen) atoms. The molecule has 0 spiro atoms. The summed E-state index contributed by atoms with van der Waals surface area (Å²) in [5, 5.41) is 3.53. The molecular weight excluding hydrogens is 296 g/mol. The Morgan fingerprint density at radius 1 is 1.23 bits per heavy atom. The first-order chi connectivity index (χ1) is 10.5. The average molecular weight is 314 g/mol. The molecule has 3 rings (SSSR count). The van der Waals surface area contributed by atoms with Crippen LogP contribution in [-0.2, 0) is 11.2 Å². The molecule has 0 saturated heterocycles. The van der Waals surface area contributed by atoms with E-state index >= 15 is 0 Å². The van der Waals surface area contributed by atoms with Crippen LogP contribution in [0.4, 0.5) is 5.13 Å². The fourth-order valence-electron chi connectivity index (χ4n) is 2.42. The van der Waals surface area contributed by atoms with Crippen molar-refractivity contribution >= 4 is 28.0 Å². The Morgan fingerprint density at radius 2 is 2.00 bits per heavy atom. The van der Waals surface area contributed by atoms with Crippen LogP contribution >= 0.6 is 11.3 Å². The van der Waals surface area contributed by atoms with Gasteiger partial charge in [-0.2, -0.15) is 0 Å². The molecule has 0 atom stereocenters. The van der Waals surface area contributed by atoms with Crippen LogP contribution in [0.1, 0.15) is 27.5 Å². The van der Waals surface area contributed by atoms with Gasteiger partial charge in [0.05, 0.1) is 23.5 Å². The zero-order chi connectivity index (χ0) is 15.9. The van der Waals surface area contributed by atoms with Gasteiger partial charge in [0.2, 0.25) is 5.91 Å². The number of aromatic nitrogens is 3. The summed E-state index contributed by atoms with van der Waals surface area (Å²) in [5.41, 5.74) is 4.77. The molecule has 3 heterocycles. The highest BCUT2D eigenvalue weighted by atomic mass is 32.1. The zero-order valence-corrected chi connectivity index (χ0v) is 13.9. The van der Waals surface area contributed by atoms with Gasteiger partial charge in [0, 0.05) is 11.1 Å². The van der Waals surface area contributed by atoms with Gasteiger partial charge in [0.25, 0.3) is 0 Å². The maximum atomic E-state index is 12.3. The summed E-state index contributed by atoms with van der Waals surface area (Å²) in [6.07, 6.45) is 2.23. The van der Waals surface area contributed by atoms with Crippen molar-refractivity contribution in [3.8, 4) is 0 Å². The van der Waals surface area contributed by atoms with E-state index in [2.05, 4.69) is 15.3 Å². The normalized spacial score (nSPS) is 11.1. The number of thiazole rings is 1. The van der Waals surface area contributed by atoms with Gasteiger partial charge in [0.1, 0.15) is 5.65 Å². The molecule has 3 aromatic heterocycles. The van der Waals surface area contributed by atoms with Crippen LogP contribution < -0.4 is 5.32 Å². The molecular formula is C16H18N4OS. The second-order valence-corrected chi connectivity index (χ2v) is 6.62. The topological polar surface area (TPSA) is 59.3 Å². The number of amides is 1. The number of anilines is 1. The van der Waals surface area contributed by atoms with Crippen molar-refractivity contribution in [2.45, 2.75) is 34.1 Å². The monoisotopic (exact) mass is 314 g/mol. The summed E-state index contributed by atoms with van der Waals surface area (Å²) < 4.78 is 1.99. The van der Waals surface area contributed by atoms with Crippen molar-refractivity contribution in [3.05, 3.63) is 45.9 Å². The molecule has 3 aromatic rings. The van der Waals surface area contributed by atoms with Crippen molar-refractivity contribution in [1.82, 2.24) is 14.4 Å². The third-order valence-electron chi connectivity index (χ3n) is 3.75. The van der Waals surface area contributed by atoms with Crippen molar-refractivity contribution in [2.24, 2.45) is 0 Å². The minimum Gasteiger partial charge on any atom is -0.303 e. The molecule has 0 aliphatic rings. The quantitative estimate of drug-likeness (QED) is 0.807. The number of rotatable bonds is 3. The standard InChI is InChI=1S/C16H18N4OS/c1-9-6-5-7-20-13(11(3)17-15(9)20)8-14(21)19-16-18-10(2)12(4)22-16/h5-7H,8H2,1-4H3,(H,18,19,21).